The lowest BCUT2D eigenvalue weighted by atomic mass is 9.95. The Bertz CT molecular complexity index is 590. The fraction of sp³-hybridized carbons (Fsp3) is 0.278. The molecule has 1 amide bonds. The van der Waals surface area contributed by atoms with Crippen molar-refractivity contribution in [3.05, 3.63) is 65.2 Å². The van der Waals surface area contributed by atoms with Crippen molar-refractivity contribution >= 4 is 11.6 Å². The fourth-order valence-corrected chi connectivity index (χ4v) is 2.35. The van der Waals surface area contributed by atoms with Crippen molar-refractivity contribution in [3.8, 4) is 0 Å². The van der Waals surface area contributed by atoms with E-state index < -0.39 is 0 Å². The molecule has 0 radical (unpaired) electrons. The number of carbonyl (C=O) groups is 1. The zero-order chi connectivity index (χ0) is 14.5. The Hall–Kier alpha value is -2.09. The number of carbonyl (C=O) groups excluding carboxylic acids is 1. The first-order valence-corrected chi connectivity index (χ1v) is 7.05. The maximum absolute atomic E-state index is 12.5. The van der Waals surface area contributed by atoms with Crippen molar-refractivity contribution in [1.29, 1.82) is 0 Å². The van der Waals surface area contributed by atoms with Crippen LogP contribution in [0.25, 0.3) is 0 Å². The second kappa shape index (κ2) is 6.38. The second-order valence-corrected chi connectivity index (χ2v) is 5.18. The Labute approximate surface area is 120 Å². The van der Waals surface area contributed by atoms with Crippen LogP contribution < -0.4 is 5.32 Å². The van der Waals surface area contributed by atoms with Crippen LogP contribution in [0.1, 0.15) is 36.0 Å². The van der Waals surface area contributed by atoms with Crippen LogP contribution in [-0.2, 0) is 4.79 Å². The van der Waals surface area contributed by atoms with Gasteiger partial charge in [-0.05, 0) is 43.0 Å². The van der Waals surface area contributed by atoms with Crippen molar-refractivity contribution in [2.75, 3.05) is 5.32 Å². The predicted octanol–water partition coefficient (Wildman–Crippen LogP) is 4.44. The van der Waals surface area contributed by atoms with E-state index in [1.165, 1.54) is 0 Å². The minimum atomic E-state index is -0.101. The number of aryl methyl sites for hydroxylation is 2. The summed E-state index contributed by atoms with van der Waals surface area (Å²) in [7, 11) is 0. The third kappa shape index (κ3) is 3.27. The summed E-state index contributed by atoms with van der Waals surface area (Å²) >= 11 is 0. The van der Waals surface area contributed by atoms with Gasteiger partial charge in [-0.25, -0.2) is 0 Å². The van der Waals surface area contributed by atoms with Gasteiger partial charge in [-0.3, -0.25) is 4.79 Å². The summed E-state index contributed by atoms with van der Waals surface area (Å²) in [6, 6.07) is 16.1. The summed E-state index contributed by atoms with van der Waals surface area (Å²) in [5.41, 5.74) is 4.22. The minimum Gasteiger partial charge on any atom is -0.325 e. The van der Waals surface area contributed by atoms with Crippen molar-refractivity contribution in [3.63, 3.8) is 0 Å². The lowest BCUT2D eigenvalue weighted by Gasteiger charge is -2.17. The molecule has 0 bridgehead atoms. The average molecular weight is 267 g/mol. The summed E-state index contributed by atoms with van der Waals surface area (Å²) in [6.45, 7) is 6.09. The molecule has 0 aliphatic carbocycles. The highest BCUT2D eigenvalue weighted by Gasteiger charge is 2.18. The summed E-state index contributed by atoms with van der Waals surface area (Å²) in [4.78, 5) is 12.5. The molecule has 20 heavy (non-hydrogen) atoms. The van der Waals surface area contributed by atoms with Gasteiger partial charge in [0.25, 0.3) is 0 Å². The number of hydrogen-bond acceptors (Lipinski definition) is 1. The largest absolute Gasteiger partial charge is 0.325 e. The fourth-order valence-electron chi connectivity index (χ4n) is 2.35. The second-order valence-electron chi connectivity index (χ2n) is 5.18. The molecule has 0 spiro atoms. The first-order valence-electron chi connectivity index (χ1n) is 7.05. The molecule has 0 aromatic heterocycles. The quantitative estimate of drug-likeness (QED) is 0.872. The molecule has 2 heteroatoms. The van der Waals surface area contributed by atoms with E-state index in [9.17, 15) is 4.79 Å². The predicted molar refractivity (Wildman–Crippen MR) is 84.0 cm³/mol. The Morgan fingerprint density at radius 2 is 1.80 bits per heavy atom. The molecule has 1 unspecified atom stereocenters. The number of anilines is 1. The summed E-state index contributed by atoms with van der Waals surface area (Å²) in [6.07, 6.45) is 0.792. The highest BCUT2D eigenvalue weighted by molar-refractivity contribution is 5.96. The minimum absolute atomic E-state index is 0.0624. The van der Waals surface area contributed by atoms with Gasteiger partial charge in [0.15, 0.2) is 0 Å². The molecule has 0 fully saturated rings. The summed E-state index contributed by atoms with van der Waals surface area (Å²) < 4.78 is 0. The van der Waals surface area contributed by atoms with E-state index in [1.807, 2.05) is 63.2 Å². The van der Waals surface area contributed by atoms with Gasteiger partial charge in [-0.2, -0.15) is 0 Å². The Balaban J connectivity index is 2.20. The molecule has 104 valence electrons. The molecule has 0 aliphatic rings. The lowest BCUT2D eigenvalue weighted by molar-refractivity contribution is -0.117. The van der Waals surface area contributed by atoms with Gasteiger partial charge in [0, 0.05) is 5.69 Å². The van der Waals surface area contributed by atoms with Crippen LogP contribution in [0, 0.1) is 13.8 Å². The zero-order valence-corrected chi connectivity index (χ0v) is 12.3. The summed E-state index contributed by atoms with van der Waals surface area (Å²) in [5.74, 6) is -0.0384. The molecule has 0 heterocycles. The maximum atomic E-state index is 12.5. The van der Waals surface area contributed by atoms with E-state index in [2.05, 4.69) is 11.4 Å². The van der Waals surface area contributed by atoms with Crippen LogP contribution in [0.3, 0.4) is 0 Å². The van der Waals surface area contributed by atoms with Gasteiger partial charge in [0.2, 0.25) is 5.91 Å². The Morgan fingerprint density at radius 3 is 2.45 bits per heavy atom. The highest BCUT2D eigenvalue weighted by Crippen LogP contribution is 2.23. The third-order valence-electron chi connectivity index (χ3n) is 3.58. The molecule has 0 saturated carbocycles. The van der Waals surface area contributed by atoms with Crippen molar-refractivity contribution in [2.45, 2.75) is 33.1 Å². The summed E-state index contributed by atoms with van der Waals surface area (Å²) in [5, 5.41) is 3.06. The van der Waals surface area contributed by atoms with Crippen LogP contribution >= 0.6 is 0 Å². The van der Waals surface area contributed by atoms with Gasteiger partial charge in [-0.15, -0.1) is 0 Å². The smallest absolute Gasteiger partial charge is 0.231 e. The standard InChI is InChI=1S/C18H21NO/c1-4-16(15-8-6-5-7-9-15)18(20)19-17-12-13(2)10-11-14(17)3/h5-12,16H,4H2,1-3H3,(H,19,20). The molecule has 0 aliphatic heterocycles. The first-order chi connectivity index (χ1) is 9.61. The maximum Gasteiger partial charge on any atom is 0.231 e. The van der Waals surface area contributed by atoms with E-state index in [1.54, 1.807) is 0 Å². The van der Waals surface area contributed by atoms with Crippen molar-refractivity contribution in [1.82, 2.24) is 0 Å². The van der Waals surface area contributed by atoms with E-state index in [0.717, 1.165) is 28.8 Å². The molecule has 2 aromatic rings. The Kier molecular flexibility index (Phi) is 4.57. The molecule has 2 aromatic carbocycles. The van der Waals surface area contributed by atoms with E-state index >= 15 is 0 Å². The van der Waals surface area contributed by atoms with Crippen LogP contribution in [0.2, 0.25) is 0 Å². The van der Waals surface area contributed by atoms with Gasteiger partial charge >= 0.3 is 0 Å². The SMILES string of the molecule is CCC(C(=O)Nc1cc(C)ccc1C)c1ccccc1. The molecular weight excluding hydrogens is 246 g/mol. The van der Waals surface area contributed by atoms with Crippen LogP contribution in [0.5, 0.6) is 0 Å². The number of benzene rings is 2. The number of amides is 1. The molecular formula is C18H21NO. The molecule has 2 nitrogen and oxygen atoms in total. The lowest BCUT2D eigenvalue weighted by Crippen LogP contribution is -2.21. The Morgan fingerprint density at radius 1 is 1.10 bits per heavy atom. The number of rotatable bonds is 4. The van der Waals surface area contributed by atoms with Crippen molar-refractivity contribution in [2.24, 2.45) is 0 Å². The monoisotopic (exact) mass is 267 g/mol. The normalized spacial score (nSPS) is 11.9. The molecule has 1 N–H and O–H groups in total. The van der Waals surface area contributed by atoms with E-state index in [-0.39, 0.29) is 11.8 Å². The molecule has 2 rings (SSSR count). The van der Waals surface area contributed by atoms with Gasteiger partial charge in [-0.1, -0.05) is 49.4 Å². The van der Waals surface area contributed by atoms with Crippen molar-refractivity contribution < 1.29 is 4.79 Å². The first kappa shape index (κ1) is 14.3. The van der Waals surface area contributed by atoms with Crippen LogP contribution in [0.4, 0.5) is 5.69 Å². The van der Waals surface area contributed by atoms with E-state index in [0.29, 0.717) is 0 Å². The zero-order valence-electron chi connectivity index (χ0n) is 12.3. The highest BCUT2D eigenvalue weighted by atomic mass is 16.1. The van der Waals surface area contributed by atoms with E-state index in [4.69, 9.17) is 0 Å². The van der Waals surface area contributed by atoms with Crippen LogP contribution in [0.15, 0.2) is 48.5 Å². The number of hydrogen-bond donors (Lipinski definition) is 1. The molecule has 0 saturated heterocycles. The molecule has 1 atom stereocenters. The topological polar surface area (TPSA) is 29.1 Å². The average Bonchev–Trinajstić information content (AvgIpc) is 2.45. The number of nitrogens with one attached hydrogen (secondary N) is 1. The third-order valence-corrected chi connectivity index (χ3v) is 3.58. The van der Waals surface area contributed by atoms with Gasteiger partial charge in [0.1, 0.15) is 0 Å². The van der Waals surface area contributed by atoms with Gasteiger partial charge < -0.3 is 5.32 Å². The van der Waals surface area contributed by atoms with Crippen LogP contribution in [-0.4, -0.2) is 5.91 Å². The van der Waals surface area contributed by atoms with Gasteiger partial charge in [0.05, 0.1) is 5.92 Å².